The first-order valence-corrected chi connectivity index (χ1v) is 10.1. The third-order valence-electron chi connectivity index (χ3n) is 5.50. The first-order valence-electron chi connectivity index (χ1n) is 10.1. The number of allylic oxidation sites excluding steroid dienone is 2. The number of carbonyl (C=O) groups excluding carboxylic acids is 2. The van der Waals surface area contributed by atoms with E-state index in [-0.39, 0.29) is 28.5 Å². The molecule has 0 N–H and O–H groups in total. The Morgan fingerprint density at radius 1 is 1.19 bits per heavy atom. The summed E-state index contributed by atoms with van der Waals surface area (Å²) in [7, 11) is 2.80. The average molecular weight is 430 g/mol. The van der Waals surface area contributed by atoms with Crippen LogP contribution in [0.25, 0.3) is 0 Å². The van der Waals surface area contributed by atoms with Gasteiger partial charge < -0.3 is 14.2 Å². The van der Waals surface area contributed by atoms with Crippen LogP contribution in [-0.4, -0.2) is 42.7 Å². The third kappa shape index (κ3) is 4.17. The quantitative estimate of drug-likeness (QED) is 0.383. The van der Waals surface area contributed by atoms with Crippen molar-refractivity contribution >= 4 is 23.2 Å². The van der Waals surface area contributed by atoms with Gasteiger partial charge in [-0.2, -0.15) is 0 Å². The first-order chi connectivity index (χ1) is 14.7. The lowest BCUT2D eigenvalue weighted by Gasteiger charge is -2.34. The Balaban J connectivity index is 2.30. The van der Waals surface area contributed by atoms with Crippen LogP contribution in [0.2, 0.25) is 0 Å². The Morgan fingerprint density at radius 2 is 1.84 bits per heavy atom. The van der Waals surface area contributed by atoms with Crippen LogP contribution in [0.5, 0.6) is 11.5 Å². The number of carbonyl (C=O) groups is 2. The van der Waals surface area contributed by atoms with E-state index in [2.05, 4.69) is 4.99 Å². The Kier molecular flexibility index (Phi) is 6.42. The van der Waals surface area contributed by atoms with Gasteiger partial charge in [-0.3, -0.25) is 24.7 Å². The number of nitrogens with zero attached hydrogens (tertiary/aromatic N) is 2. The number of ketones is 1. The van der Waals surface area contributed by atoms with Gasteiger partial charge in [0.2, 0.25) is 0 Å². The summed E-state index contributed by atoms with van der Waals surface area (Å²) in [5.41, 5.74) is 1.33. The lowest BCUT2D eigenvalue weighted by atomic mass is 9.71. The zero-order valence-corrected chi connectivity index (χ0v) is 18.3. The topological polar surface area (TPSA) is 117 Å². The van der Waals surface area contributed by atoms with E-state index < -0.39 is 28.8 Å². The number of benzene rings is 1. The second kappa shape index (κ2) is 8.87. The standard InChI is InChI=1S/C22H26N2O7/c1-11(2)31-22(26)19-12(3)23-14-7-6-8-16(25)21(14)20(19)13-9-17(29-4)18(30-5)10-15(13)24(27)28/h9-11,19-20H,6-8H2,1-5H3/t19?,20-/m0/s1. The second-order valence-electron chi connectivity index (χ2n) is 7.85. The van der Waals surface area contributed by atoms with Crippen LogP contribution < -0.4 is 9.47 Å². The minimum atomic E-state index is -0.958. The van der Waals surface area contributed by atoms with Crippen molar-refractivity contribution in [2.75, 3.05) is 14.2 Å². The van der Waals surface area contributed by atoms with E-state index in [1.807, 2.05) is 0 Å². The number of nitro benzene ring substituents is 1. The van der Waals surface area contributed by atoms with Crippen molar-refractivity contribution in [2.45, 2.75) is 52.1 Å². The maximum atomic E-state index is 13.1. The average Bonchev–Trinajstić information content (AvgIpc) is 2.71. The molecule has 1 aromatic rings. The molecule has 0 aromatic heterocycles. The summed E-state index contributed by atoms with van der Waals surface area (Å²) in [6.45, 7) is 5.13. The van der Waals surface area contributed by atoms with Gasteiger partial charge in [0.15, 0.2) is 17.3 Å². The number of methoxy groups -OCH3 is 2. The second-order valence-corrected chi connectivity index (χ2v) is 7.85. The molecule has 2 aliphatic rings. The summed E-state index contributed by atoms with van der Waals surface area (Å²) < 4.78 is 16.0. The van der Waals surface area contributed by atoms with Crippen molar-refractivity contribution in [3.8, 4) is 11.5 Å². The Labute approximate surface area is 180 Å². The molecule has 0 saturated carbocycles. The highest BCUT2D eigenvalue weighted by Gasteiger charge is 2.46. The van der Waals surface area contributed by atoms with Crippen molar-refractivity contribution in [1.29, 1.82) is 0 Å². The van der Waals surface area contributed by atoms with Gasteiger partial charge in [0.1, 0.15) is 5.92 Å². The normalized spacial score (nSPS) is 20.8. The van der Waals surface area contributed by atoms with Crippen LogP contribution in [0.1, 0.15) is 51.5 Å². The lowest BCUT2D eigenvalue weighted by Crippen LogP contribution is -2.38. The fourth-order valence-corrected chi connectivity index (χ4v) is 4.24. The van der Waals surface area contributed by atoms with E-state index in [9.17, 15) is 19.7 Å². The Bertz CT molecular complexity index is 994. The van der Waals surface area contributed by atoms with Crippen molar-refractivity contribution in [1.82, 2.24) is 0 Å². The lowest BCUT2D eigenvalue weighted by molar-refractivity contribution is -0.385. The SMILES string of the molecule is COc1cc([C@@H]2C3=C(CCCC3=O)N=C(C)C2C(=O)OC(C)C)c([N+](=O)[O-])cc1OC. The van der Waals surface area contributed by atoms with Gasteiger partial charge >= 0.3 is 5.97 Å². The molecule has 0 radical (unpaired) electrons. The van der Waals surface area contributed by atoms with E-state index in [4.69, 9.17) is 14.2 Å². The molecule has 1 aromatic carbocycles. The summed E-state index contributed by atoms with van der Waals surface area (Å²) in [5.74, 6) is -2.13. The van der Waals surface area contributed by atoms with E-state index >= 15 is 0 Å². The third-order valence-corrected chi connectivity index (χ3v) is 5.50. The summed E-state index contributed by atoms with van der Waals surface area (Å²) >= 11 is 0. The van der Waals surface area contributed by atoms with Crippen molar-refractivity contribution in [3.63, 3.8) is 0 Å². The predicted octanol–water partition coefficient (Wildman–Crippen LogP) is 3.75. The van der Waals surface area contributed by atoms with Gasteiger partial charge in [0.25, 0.3) is 5.69 Å². The zero-order chi connectivity index (χ0) is 22.9. The number of ether oxygens (including phenoxy) is 3. The Morgan fingerprint density at radius 3 is 2.42 bits per heavy atom. The molecular weight excluding hydrogens is 404 g/mol. The van der Waals surface area contributed by atoms with Gasteiger partial charge in [-0.1, -0.05) is 0 Å². The highest BCUT2D eigenvalue weighted by molar-refractivity contribution is 6.09. The number of hydrogen-bond donors (Lipinski definition) is 0. The fraction of sp³-hybridized carbons (Fsp3) is 0.500. The molecule has 2 atom stereocenters. The first kappa shape index (κ1) is 22.5. The van der Waals surface area contributed by atoms with Crippen molar-refractivity contribution < 1.29 is 28.7 Å². The molecule has 3 rings (SSSR count). The largest absolute Gasteiger partial charge is 0.493 e. The van der Waals surface area contributed by atoms with Crippen molar-refractivity contribution in [3.05, 3.63) is 39.1 Å². The van der Waals surface area contributed by atoms with Crippen LogP contribution >= 0.6 is 0 Å². The maximum Gasteiger partial charge on any atom is 0.315 e. The monoisotopic (exact) mass is 430 g/mol. The highest BCUT2D eigenvalue weighted by atomic mass is 16.6. The van der Waals surface area contributed by atoms with Gasteiger partial charge in [0.05, 0.1) is 31.3 Å². The molecule has 1 unspecified atom stereocenters. The van der Waals surface area contributed by atoms with Crippen LogP contribution in [0.4, 0.5) is 5.69 Å². The smallest absolute Gasteiger partial charge is 0.315 e. The molecule has 0 amide bonds. The molecule has 1 heterocycles. The summed E-state index contributed by atoms with van der Waals surface area (Å²) in [6, 6.07) is 2.73. The van der Waals surface area contributed by atoms with Gasteiger partial charge in [-0.05, 0) is 39.7 Å². The fourth-order valence-electron chi connectivity index (χ4n) is 4.24. The molecule has 1 aliphatic carbocycles. The van der Waals surface area contributed by atoms with Gasteiger partial charge in [-0.15, -0.1) is 0 Å². The number of esters is 1. The van der Waals surface area contributed by atoms with Crippen LogP contribution in [0.3, 0.4) is 0 Å². The predicted molar refractivity (Wildman–Crippen MR) is 113 cm³/mol. The number of nitro groups is 1. The molecule has 9 nitrogen and oxygen atoms in total. The summed E-state index contributed by atoms with van der Waals surface area (Å²) in [6.07, 6.45) is 1.13. The summed E-state index contributed by atoms with van der Waals surface area (Å²) in [4.78, 5) is 42.0. The molecule has 0 spiro atoms. The molecule has 166 valence electrons. The summed E-state index contributed by atoms with van der Waals surface area (Å²) in [5, 5.41) is 12.0. The van der Waals surface area contributed by atoms with Gasteiger partial charge in [0, 0.05) is 34.9 Å². The molecule has 1 aliphatic heterocycles. The molecule has 0 fully saturated rings. The number of Topliss-reactive ketones (excluding diaryl/α,β-unsaturated/α-hetero) is 1. The highest BCUT2D eigenvalue weighted by Crippen LogP contribution is 2.48. The maximum absolute atomic E-state index is 13.1. The van der Waals surface area contributed by atoms with Crippen LogP contribution in [-0.2, 0) is 14.3 Å². The number of aliphatic imine (C=N–C) groups is 1. The minimum Gasteiger partial charge on any atom is -0.493 e. The zero-order valence-electron chi connectivity index (χ0n) is 18.3. The number of hydrogen-bond acceptors (Lipinski definition) is 8. The molecule has 9 heteroatoms. The Hall–Kier alpha value is -3.23. The van der Waals surface area contributed by atoms with Gasteiger partial charge in [-0.25, -0.2) is 0 Å². The minimum absolute atomic E-state index is 0.158. The molecule has 31 heavy (non-hydrogen) atoms. The number of rotatable bonds is 6. The van der Waals surface area contributed by atoms with E-state index in [1.54, 1.807) is 20.8 Å². The molecule has 0 saturated heterocycles. The van der Waals surface area contributed by atoms with E-state index in [1.165, 1.54) is 26.4 Å². The van der Waals surface area contributed by atoms with Crippen LogP contribution in [0, 0.1) is 16.0 Å². The van der Waals surface area contributed by atoms with Crippen molar-refractivity contribution in [2.24, 2.45) is 10.9 Å². The van der Waals surface area contributed by atoms with E-state index in [0.29, 0.717) is 36.2 Å². The van der Waals surface area contributed by atoms with Crippen LogP contribution in [0.15, 0.2) is 28.4 Å². The van der Waals surface area contributed by atoms with E-state index in [0.717, 1.165) is 0 Å². The molecular formula is C22H26N2O7. The molecule has 0 bridgehead atoms.